The molecule has 0 bridgehead atoms. The van der Waals surface area contributed by atoms with E-state index < -0.39 is 0 Å². The number of nitrogens with zero attached hydrogens (tertiary/aromatic N) is 3. The van der Waals surface area contributed by atoms with Crippen LogP contribution in [-0.4, -0.2) is 15.9 Å². The van der Waals surface area contributed by atoms with E-state index in [9.17, 15) is 4.79 Å². The van der Waals surface area contributed by atoms with Crippen molar-refractivity contribution >= 4 is 11.7 Å². The molecular weight excluding hydrogens is 318 g/mol. The molecule has 0 saturated carbocycles. The molecule has 25 heavy (non-hydrogen) atoms. The van der Waals surface area contributed by atoms with E-state index in [0.29, 0.717) is 30.2 Å². The van der Waals surface area contributed by atoms with Gasteiger partial charge in [0, 0.05) is 24.5 Å². The molecule has 0 aliphatic rings. The molecule has 2 heterocycles. The number of benzene rings is 1. The summed E-state index contributed by atoms with van der Waals surface area (Å²) in [5.41, 5.74) is 1.67. The van der Waals surface area contributed by atoms with Crippen molar-refractivity contribution in [3.05, 3.63) is 77.6 Å². The van der Waals surface area contributed by atoms with Crippen LogP contribution < -0.4 is 10.6 Å². The third kappa shape index (κ3) is 4.20. The molecule has 0 radical (unpaired) electrons. The Bertz CT molecular complexity index is 900. The lowest BCUT2D eigenvalue weighted by Gasteiger charge is -2.08. The summed E-state index contributed by atoms with van der Waals surface area (Å²) in [6.45, 7) is 0.756. The van der Waals surface area contributed by atoms with Crippen LogP contribution in [0.15, 0.2) is 59.5 Å². The number of amides is 1. The highest BCUT2D eigenvalue weighted by molar-refractivity contribution is 5.94. The predicted octanol–water partition coefficient (Wildman–Crippen LogP) is 2.48. The zero-order valence-electron chi connectivity index (χ0n) is 13.3. The van der Waals surface area contributed by atoms with Crippen LogP contribution in [0, 0.1) is 11.3 Å². The number of rotatable bonds is 6. The summed E-state index contributed by atoms with van der Waals surface area (Å²) in [6.07, 6.45) is 4.55. The van der Waals surface area contributed by atoms with Gasteiger partial charge in [0.25, 0.3) is 5.91 Å². The van der Waals surface area contributed by atoms with Crippen LogP contribution in [0.3, 0.4) is 0 Å². The van der Waals surface area contributed by atoms with E-state index in [4.69, 9.17) is 9.68 Å². The van der Waals surface area contributed by atoms with Gasteiger partial charge in [-0.25, -0.2) is 9.97 Å². The maximum Gasteiger partial charge on any atom is 0.251 e. The minimum Gasteiger partial charge on any atom is -0.467 e. The number of hydrogen-bond donors (Lipinski definition) is 2. The molecular formula is C18H15N5O2. The third-order valence-corrected chi connectivity index (χ3v) is 3.46. The van der Waals surface area contributed by atoms with E-state index in [1.165, 1.54) is 12.4 Å². The molecule has 3 aromatic rings. The Kier molecular flexibility index (Phi) is 5.02. The Morgan fingerprint density at radius 3 is 2.84 bits per heavy atom. The molecule has 1 aromatic carbocycles. The molecule has 7 nitrogen and oxygen atoms in total. The Balaban J connectivity index is 1.63. The van der Waals surface area contributed by atoms with E-state index in [-0.39, 0.29) is 11.6 Å². The second-order valence-corrected chi connectivity index (χ2v) is 5.18. The summed E-state index contributed by atoms with van der Waals surface area (Å²) >= 11 is 0. The van der Waals surface area contributed by atoms with Crippen molar-refractivity contribution in [3.8, 4) is 6.07 Å². The van der Waals surface area contributed by atoms with Crippen LogP contribution in [-0.2, 0) is 13.1 Å². The number of nitrogens with one attached hydrogen (secondary N) is 2. The van der Waals surface area contributed by atoms with Crippen molar-refractivity contribution in [1.29, 1.82) is 5.26 Å². The number of carbonyl (C=O) groups is 1. The number of furan rings is 1. The summed E-state index contributed by atoms with van der Waals surface area (Å²) in [5, 5.41) is 14.9. The fourth-order valence-corrected chi connectivity index (χ4v) is 2.24. The molecule has 0 atom stereocenters. The summed E-state index contributed by atoms with van der Waals surface area (Å²) in [4.78, 5) is 20.3. The molecule has 2 aromatic heterocycles. The number of carbonyl (C=O) groups excluding carboxylic acids is 1. The van der Waals surface area contributed by atoms with Crippen LogP contribution in [0.2, 0.25) is 0 Å². The first kappa shape index (κ1) is 16.2. The van der Waals surface area contributed by atoms with Gasteiger partial charge in [-0.05, 0) is 29.8 Å². The van der Waals surface area contributed by atoms with Gasteiger partial charge >= 0.3 is 0 Å². The predicted molar refractivity (Wildman–Crippen MR) is 90.4 cm³/mol. The van der Waals surface area contributed by atoms with Crippen molar-refractivity contribution < 1.29 is 9.21 Å². The molecule has 0 spiro atoms. The van der Waals surface area contributed by atoms with Crippen molar-refractivity contribution in [2.75, 3.05) is 5.32 Å². The molecule has 0 aliphatic heterocycles. The van der Waals surface area contributed by atoms with E-state index in [1.807, 2.05) is 12.1 Å². The first-order valence-corrected chi connectivity index (χ1v) is 7.61. The molecule has 124 valence electrons. The molecule has 2 N–H and O–H groups in total. The van der Waals surface area contributed by atoms with E-state index in [0.717, 1.165) is 5.56 Å². The van der Waals surface area contributed by atoms with Gasteiger partial charge in [-0.2, -0.15) is 5.26 Å². The van der Waals surface area contributed by atoms with Crippen LogP contribution in [0.1, 0.15) is 27.4 Å². The quantitative estimate of drug-likeness (QED) is 0.718. The SMILES string of the molecule is N#Cc1nccnc1NCc1cccc(C(=O)NCc2ccco2)c1. The van der Waals surface area contributed by atoms with Crippen LogP contribution >= 0.6 is 0 Å². The second-order valence-electron chi connectivity index (χ2n) is 5.18. The summed E-state index contributed by atoms with van der Waals surface area (Å²) in [6, 6.07) is 12.8. The van der Waals surface area contributed by atoms with Gasteiger partial charge in [0.05, 0.1) is 12.8 Å². The summed E-state index contributed by atoms with van der Waals surface area (Å²) in [5.74, 6) is 0.922. The van der Waals surface area contributed by atoms with Gasteiger partial charge in [0.2, 0.25) is 0 Å². The monoisotopic (exact) mass is 333 g/mol. The number of aromatic nitrogens is 2. The minimum atomic E-state index is -0.185. The van der Waals surface area contributed by atoms with Gasteiger partial charge in [-0.15, -0.1) is 0 Å². The van der Waals surface area contributed by atoms with Crippen LogP contribution in [0.25, 0.3) is 0 Å². The van der Waals surface area contributed by atoms with E-state index in [2.05, 4.69) is 20.6 Å². The average molecular weight is 333 g/mol. The van der Waals surface area contributed by atoms with Crippen molar-refractivity contribution in [3.63, 3.8) is 0 Å². The molecule has 7 heteroatoms. The van der Waals surface area contributed by atoms with E-state index in [1.54, 1.807) is 36.6 Å². The van der Waals surface area contributed by atoms with Crippen molar-refractivity contribution in [2.24, 2.45) is 0 Å². The van der Waals surface area contributed by atoms with Gasteiger partial charge in [0.15, 0.2) is 11.5 Å². The third-order valence-electron chi connectivity index (χ3n) is 3.46. The number of hydrogen-bond acceptors (Lipinski definition) is 6. The minimum absolute atomic E-state index is 0.185. The summed E-state index contributed by atoms with van der Waals surface area (Å²) < 4.78 is 5.19. The number of anilines is 1. The standard InChI is InChI=1S/C18H15N5O2/c19-10-16-17(21-7-6-20-16)22-11-13-3-1-4-14(9-13)18(24)23-12-15-5-2-8-25-15/h1-9H,11-12H2,(H,21,22)(H,23,24). The van der Waals surface area contributed by atoms with Crippen molar-refractivity contribution in [1.82, 2.24) is 15.3 Å². The Labute approximate surface area is 144 Å². The maximum atomic E-state index is 12.2. The maximum absolute atomic E-state index is 12.2. The summed E-state index contributed by atoms with van der Waals surface area (Å²) in [7, 11) is 0. The lowest BCUT2D eigenvalue weighted by Crippen LogP contribution is -2.22. The highest BCUT2D eigenvalue weighted by atomic mass is 16.3. The molecule has 0 aliphatic carbocycles. The van der Waals surface area contributed by atoms with Crippen molar-refractivity contribution in [2.45, 2.75) is 13.1 Å². The van der Waals surface area contributed by atoms with E-state index >= 15 is 0 Å². The topological polar surface area (TPSA) is 104 Å². The lowest BCUT2D eigenvalue weighted by molar-refractivity contribution is 0.0948. The van der Waals surface area contributed by atoms with Gasteiger partial charge in [-0.3, -0.25) is 4.79 Å². The first-order valence-electron chi connectivity index (χ1n) is 7.61. The normalized spacial score (nSPS) is 10.0. The van der Waals surface area contributed by atoms with Gasteiger partial charge in [-0.1, -0.05) is 12.1 Å². The highest BCUT2D eigenvalue weighted by Gasteiger charge is 2.08. The fourth-order valence-electron chi connectivity index (χ4n) is 2.24. The van der Waals surface area contributed by atoms with Gasteiger partial charge < -0.3 is 15.1 Å². The van der Waals surface area contributed by atoms with Gasteiger partial charge in [0.1, 0.15) is 11.8 Å². The Hall–Kier alpha value is -3.66. The second kappa shape index (κ2) is 7.75. The highest BCUT2D eigenvalue weighted by Crippen LogP contribution is 2.11. The average Bonchev–Trinajstić information content (AvgIpc) is 3.18. The lowest BCUT2D eigenvalue weighted by atomic mass is 10.1. The molecule has 0 unspecified atom stereocenters. The zero-order chi connectivity index (χ0) is 17.5. The first-order chi connectivity index (χ1) is 12.3. The molecule has 0 fully saturated rings. The Morgan fingerprint density at radius 2 is 2.04 bits per heavy atom. The van der Waals surface area contributed by atoms with Crippen LogP contribution in [0.4, 0.5) is 5.82 Å². The molecule has 1 amide bonds. The fraction of sp³-hybridized carbons (Fsp3) is 0.111. The smallest absolute Gasteiger partial charge is 0.251 e. The number of nitriles is 1. The molecule has 0 saturated heterocycles. The largest absolute Gasteiger partial charge is 0.467 e. The van der Waals surface area contributed by atoms with Crippen LogP contribution in [0.5, 0.6) is 0 Å². The molecule has 3 rings (SSSR count). The Morgan fingerprint density at radius 1 is 1.16 bits per heavy atom. The zero-order valence-corrected chi connectivity index (χ0v) is 13.3.